The van der Waals surface area contributed by atoms with Crippen LogP contribution in [0.4, 0.5) is 0 Å². The van der Waals surface area contributed by atoms with Gasteiger partial charge < -0.3 is 14.7 Å². The molecule has 0 heterocycles. The van der Waals surface area contributed by atoms with Crippen LogP contribution < -0.4 is 0 Å². The topological polar surface area (TPSA) is 83.9 Å². The van der Waals surface area contributed by atoms with Crippen molar-refractivity contribution in [3.05, 3.63) is 0 Å². The summed E-state index contributed by atoms with van der Waals surface area (Å²) >= 11 is 0. The number of rotatable bonds is 5. The van der Waals surface area contributed by atoms with Crippen molar-refractivity contribution >= 4 is 17.8 Å². The first-order valence-corrected chi connectivity index (χ1v) is 6.48. The van der Waals surface area contributed by atoms with Crippen molar-refractivity contribution in [2.24, 2.45) is 11.8 Å². The number of carboxylic acids is 1. The minimum atomic E-state index is -0.933. The third kappa shape index (κ3) is 3.68. The lowest BCUT2D eigenvalue weighted by Gasteiger charge is -2.29. The first-order chi connectivity index (χ1) is 8.88. The van der Waals surface area contributed by atoms with E-state index in [1.807, 2.05) is 0 Å². The molecule has 1 aliphatic carbocycles. The molecule has 1 fully saturated rings. The number of aliphatic carboxylic acids is 1. The van der Waals surface area contributed by atoms with Crippen molar-refractivity contribution in [1.29, 1.82) is 0 Å². The van der Waals surface area contributed by atoms with Crippen molar-refractivity contribution in [3.63, 3.8) is 0 Å². The van der Waals surface area contributed by atoms with E-state index < -0.39 is 23.8 Å². The molecule has 0 aliphatic heterocycles. The Morgan fingerprint density at radius 2 is 1.84 bits per heavy atom. The molecule has 108 valence electrons. The van der Waals surface area contributed by atoms with Crippen LogP contribution in [-0.4, -0.2) is 47.5 Å². The van der Waals surface area contributed by atoms with E-state index in [-0.39, 0.29) is 18.5 Å². The molecular formula is C13H21NO5. The smallest absolute Gasteiger partial charge is 0.325 e. The van der Waals surface area contributed by atoms with Gasteiger partial charge >= 0.3 is 11.9 Å². The summed E-state index contributed by atoms with van der Waals surface area (Å²) in [4.78, 5) is 36.3. The van der Waals surface area contributed by atoms with Crippen LogP contribution in [0.5, 0.6) is 0 Å². The van der Waals surface area contributed by atoms with Crippen LogP contribution in [0.2, 0.25) is 0 Å². The lowest BCUT2D eigenvalue weighted by molar-refractivity contribution is -0.153. The molecule has 0 spiro atoms. The molecule has 1 rings (SSSR count). The summed E-state index contributed by atoms with van der Waals surface area (Å²) in [6.07, 6.45) is 1.83. The maximum atomic E-state index is 12.4. The number of carbonyl (C=O) groups is 3. The predicted octanol–water partition coefficient (Wildman–Crippen LogP) is 0.897. The van der Waals surface area contributed by atoms with Gasteiger partial charge in [0.1, 0.15) is 6.54 Å². The molecule has 2 unspecified atom stereocenters. The minimum absolute atomic E-state index is 0.129. The Balaban J connectivity index is 2.81. The molecule has 6 heteroatoms. The lowest BCUT2D eigenvalue weighted by atomic mass is 9.94. The Morgan fingerprint density at radius 1 is 1.26 bits per heavy atom. The summed E-state index contributed by atoms with van der Waals surface area (Å²) in [6, 6.07) is -0.165. The number of carbonyl (C=O) groups excluding carboxylic acids is 2. The molecular weight excluding hydrogens is 250 g/mol. The van der Waals surface area contributed by atoms with Crippen molar-refractivity contribution in [3.8, 4) is 0 Å². The Bertz CT molecular complexity index is 366. The van der Waals surface area contributed by atoms with Crippen LogP contribution in [0.3, 0.4) is 0 Å². The fraction of sp³-hybridized carbons (Fsp3) is 0.769. The van der Waals surface area contributed by atoms with Crippen LogP contribution in [0.25, 0.3) is 0 Å². The second-order valence-corrected chi connectivity index (χ2v) is 5.12. The van der Waals surface area contributed by atoms with E-state index in [4.69, 9.17) is 5.11 Å². The molecule has 2 atom stereocenters. The minimum Gasteiger partial charge on any atom is -0.481 e. The SMILES string of the molecule is COC(=O)CN(C(=O)C1CCCC1C(=O)O)C(C)C. The summed E-state index contributed by atoms with van der Waals surface area (Å²) in [7, 11) is 1.26. The van der Waals surface area contributed by atoms with Crippen molar-refractivity contribution in [1.82, 2.24) is 4.90 Å². The average Bonchev–Trinajstić information content (AvgIpc) is 2.83. The first kappa shape index (κ1) is 15.5. The molecule has 1 amide bonds. The van der Waals surface area contributed by atoms with Gasteiger partial charge in [-0.3, -0.25) is 14.4 Å². The highest BCUT2D eigenvalue weighted by atomic mass is 16.5. The number of ether oxygens (including phenoxy) is 1. The van der Waals surface area contributed by atoms with Gasteiger partial charge in [0.05, 0.1) is 18.9 Å². The largest absolute Gasteiger partial charge is 0.481 e. The molecule has 0 radical (unpaired) electrons. The molecule has 19 heavy (non-hydrogen) atoms. The molecule has 0 aromatic carbocycles. The maximum absolute atomic E-state index is 12.4. The monoisotopic (exact) mass is 271 g/mol. The van der Waals surface area contributed by atoms with Crippen molar-refractivity contribution in [2.75, 3.05) is 13.7 Å². The number of esters is 1. The zero-order valence-corrected chi connectivity index (χ0v) is 11.6. The summed E-state index contributed by atoms with van der Waals surface area (Å²) in [5.41, 5.74) is 0. The van der Waals surface area contributed by atoms with Crippen molar-refractivity contribution < 1.29 is 24.2 Å². The lowest BCUT2D eigenvalue weighted by Crippen LogP contribution is -2.45. The van der Waals surface area contributed by atoms with Gasteiger partial charge in [-0.25, -0.2) is 0 Å². The number of hydrogen-bond donors (Lipinski definition) is 1. The zero-order chi connectivity index (χ0) is 14.6. The zero-order valence-electron chi connectivity index (χ0n) is 11.6. The number of methoxy groups -OCH3 is 1. The van der Waals surface area contributed by atoms with E-state index in [0.29, 0.717) is 12.8 Å². The molecule has 1 saturated carbocycles. The number of nitrogens with zero attached hydrogens (tertiary/aromatic N) is 1. The van der Waals surface area contributed by atoms with Gasteiger partial charge in [-0.2, -0.15) is 0 Å². The Kier molecular flexibility index (Phi) is 5.32. The molecule has 1 aliphatic rings. The third-order valence-corrected chi connectivity index (χ3v) is 3.58. The van der Waals surface area contributed by atoms with E-state index in [9.17, 15) is 14.4 Å². The molecule has 1 N–H and O–H groups in total. The summed E-state index contributed by atoms with van der Waals surface area (Å²) < 4.78 is 4.57. The van der Waals surface area contributed by atoms with Crippen molar-refractivity contribution in [2.45, 2.75) is 39.2 Å². The Labute approximate surface area is 112 Å². The summed E-state index contributed by atoms with van der Waals surface area (Å²) in [6.45, 7) is 3.47. The first-order valence-electron chi connectivity index (χ1n) is 6.48. The molecule has 0 aromatic heterocycles. The second-order valence-electron chi connectivity index (χ2n) is 5.12. The highest BCUT2D eigenvalue weighted by molar-refractivity contribution is 5.88. The van der Waals surface area contributed by atoms with Crippen LogP contribution in [0, 0.1) is 11.8 Å². The van der Waals surface area contributed by atoms with E-state index in [1.165, 1.54) is 12.0 Å². The number of hydrogen-bond acceptors (Lipinski definition) is 4. The fourth-order valence-electron chi connectivity index (χ4n) is 2.48. The van der Waals surface area contributed by atoms with Crippen LogP contribution in [0.1, 0.15) is 33.1 Å². The van der Waals surface area contributed by atoms with E-state index in [0.717, 1.165) is 6.42 Å². The van der Waals surface area contributed by atoms with Gasteiger partial charge in [-0.1, -0.05) is 6.42 Å². The summed E-state index contributed by atoms with van der Waals surface area (Å²) in [5.74, 6) is -2.84. The molecule has 0 bridgehead atoms. The summed E-state index contributed by atoms with van der Waals surface area (Å²) in [5, 5.41) is 9.12. The van der Waals surface area contributed by atoms with Gasteiger partial charge in [-0.15, -0.1) is 0 Å². The number of amides is 1. The average molecular weight is 271 g/mol. The van der Waals surface area contributed by atoms with Gasteiger partial charge in [0, 0.05) is 6.04 Å². The standard InChI is InChI=1S/C13H21NO5/c1-8(2)14(7-11(15)19-3)12(16)9-5-4-6-10(9)13(17)18/h8-10H,4-7H2,1-3H3,(H,17,18). The van der Waals surface area contributed by atoms with Crippen LogP contribution >= 0.6 is 0 Å². The van der Waals surface area contributed by atoms with E-state index >= 15 is 0 Å². The highest BCUT2D eigenvalue weighted by Gasteiger charge is 2.40. The van der Waals surface area contributed by atoms with Gasteiger partial charge in [0.15, 0.2) is 0 Å². The Hall–Kier alpha value is -1.59. The fourth-order valence-corrected chi connectivity index (χ4v) is 2.48. The quantitative estimate of drug-likeness (QED) is 0.751. The van der Waals surface area contributed by atoms with Gasteiger partial charge in [0.25, 0.3) is 0 Å². The van der Waals surface area contributed by atoms with Crippen LogP contribution in [-0.2, 0) is 19.1 Å². The van der Waals surface area contributed by atoms with E-state index in [1.54, 1.807) is 13.8 Å². The molecule has 0 saturated heterocycles. The third-order valence-electron chi connectivity index (χ3n) is 3.58. The van der Waals surface area contributed by atoms with Gasteiger partial charge in [-0.05, 0) is 26.7 Å². The normalized spacial score (nSPS) is 22.3. The molecule has 0 aromatic rings. The molecule has 6 nitrogen and oxygen atoms in total. The van der Waals surface area contributed by atoms with E-state index in [2.05, 4.69) is 4.74 Å². The van der Waals surface area contributed by atoms with Gasteiger partial charge in [0.2, 0.25) is 5.91 Å². The van der Waals surface area contributed by atoms with Crippen LogP contribution in [0.15, 0.2) is 0 Å². The number of carboxylic acid groups (broad SMARTS) is 1. The Morgan fingerprint density at radius 3 is 2.32 bits per heavy atom. The predicted molar refractivity (Wildman–Crippen MR) is 67.3 cm³/mol. The highest BCUT2D eigenvalue weighted by Crippen LogP contribution is 2.33. The maximum Gasteiger partial charge on any atom is 0.325 e. The second kappa shape index (κ2) is 6.54.